The maximum atomic E-state index is 2.56. The third-order valence-corrected chi connectivity index (χ3v) is 2.58. The van der Waals surface area contributed by atoms with E-state index in [9.17, 15) is 0 Å². The zero-order chi connectivity index (χ0) is 6.27. The molecule has 0 N–H and O–H groups in total. The second kappa shape index (κ2) is 1.98. The zero-order valence-corrected chi connectivity index (χ0v) is 6.01. The Labute approximate surface area is 57.0 Å². The summed E-state index contributed by atoms with van der Waals surface area (Å²) in [5.41, 5.74) is 0. The van der Waals surface area contributed by atoms with Crippen LogP contribution in [-0.4, -0.2) is 24.0 Å². The Kier molecular flexibility index (Phi) is 1.26. The summed E-state index contributed by atoms with van der Waals surface area (Å²) in [5.74, 6) is 0. The highest BCUT2D eigenvalue weighted by molar-refractivity contribution is 4.96. The molecule has 2 rings (SSSR count). The lowest BCUT2D eigenvalue weighted by atomic mass is 9.92. The Hall–Kier alpha value is -0.0400. The zero-order valence-electron chi connectivity index (χ0n) is 6.01. The largest absolute Gasteiger partial charge is 0.300 e. The first-order valence-corrected chi connectivity index (χ1v) is 3.91. The van der Waals surface area contributed by atoms with Gasteiger partial charge in [-0.25, -0.2) is 0 Å². The van der Waals surface area contributed by atoms with Crippen LogP contribution >= 0.6 is 0 Å². The van der Waals surface area contributed by atoms with E-state index < -0.39 is 0 Å². The number of hydrogen-bond acceptors (Lipinski definition) is 1. The van der Waals surface area contributed by atoms with Crippen molar-refractivity contribution in [1.29, 1.82) is 0 Å². The van der Waals surface area contributed by atoms with Gasteiger partial charge in [0, 0.05) is 12.1 Å². The maximum Gasteiger partial charge on any atom is 0.0101 e. The minimum Gasteiger partial charge on any atom is -0.300 e. The summed E-state index contributed by atoms with van der Waals surface area (Å²) in [6.07, 6.45) is 7.96. The summed E-state index contributed by atoms with van der Waals surface area (Å²) in [6.45, 7) is 0. The first kappa shape index (κ1) is 5.72. The van der Waals surface area contributed by atoms with E-state index in [4.69, 9.17) is 0 Å². The van der Waals surface area contributed by atoms with E-state index in [-0.39, 0.29) is 0 Å². The highest BCUT2D eigenvalue weighted by Crippen LogP contribution is 2.33. The first-order chi connectivity index (χ1) is 4.38. The molecule has 0 aliphatic heterocycles. The molecule has 9 heavy (non-hydrogen) atoms. The van der Waals surface area contributed by atoms with Crippen LogP contribution in [0.2, 0.25) is 0 Å². The van der Waals surface area contributed by atoms with E-state index in [2.05, 4.69) is 18.4 Å². The topological polar surface area (TPSA) is 3.24 Å². The van der Waals surface area contributed by atoms with Crippen molar-refractivity contribution in [1.82, 2.24) is 4.90 Å². The van der Waals surface area contributed by atoms with Gasteiger partial charge in [-0.2, -0.15) is 0 Å². The van der Waals surface area contributed by atoms with Gasteiger partial charge >= 0.3 is 0 Å². The molecule has 1 radical (unpaired) electrons. The summed E-state index contributed by atoms with van der Waals surface area (Å²) in [4.78, 5) is 2.56. The Balaban J connectivity index is 1.81. The molecule has 2 aliphatic rings. The van der Waals surface area contributed by atoms with Crippen LogP contribution in [-0.2, 0) is 0 Å². The SMILES string of the molecule is CN(C1C[CH]C1)C1CC1. The summed E-state index contributed by atoms with van der Waals surface area (Å²) in [6, 6.07) is 1.88. The molecule has 0 spiro atoms. The Morgan fingerprint density at radius 2 is 1.89 bits per heavy atom. The Bertz CT molecular complexity index is 103. The predicted octanol–water partition coefficient (Wildman–Crippen LogP) is 1.45. The van der Waals surface area contributed by atoms with Crippen molar-refractivity contribution in [3.05, 3.63) is 6.42 Å². The summed E-state index contributed by atoms with van der Waals surface area (Å²) in [5, 5.41) is 0. The monoisotopic (exact) mass is 124 g/mol. The van der Waals surface area contributed by atoms with Crippen molar-refractivity contribution in [2.75, 3.05) is 7.05 Å². The average molecular weight is 124 g/mol. The molecule has 0 saturated heterocycles. The number of hydrogen-bond donors (Lipinski definition) is 0. The van der Waals surface area contributed by atoms with Gasteiger partial charge in [-0.15, -0.1) is 0 Å². The van der Waals surface area contributed by atoms with Crippen LogP contribution in [0.1, 0.15) is 25.7 Å². The molecule has 51 valence electrons. The summed E-state index contributed by atoms with van der Waals surface area (Å²) < 4.78 is 0. The van der Waals surface area contributed by atoms with E-state index >= 15 is 0 Å². The van der Waals surface area contributed by atoms with Crippen molar-refractivity contribution in [3.8, 4) is 0 Å². The van der Waals surface area contributed by atoms with Crippen LogP contribution in [0.4, 0.5) is 0 Å². The molecule has 0 atom stereocenters. The normalized spacial score (nSPS) is 28.7. The molecular weight excluding hydrogens is 110 g/mol. The second-order valence-electron chi connectivity index (χ2n) is 3.31. The van der Waals surface area contributed by atoms with E-state index in [0.29, 0.717) is 0 Å². The van der Waals surface area contributed by atoms with E-state index in [1.165, 1.54) is 25.7 Å². The molecule has 0 bridgehead atoms. The van der Waals surface area contributed by atoms with E-state index in [0.717, 1.165) is 12.1 Å². The van der Waals surface area contributed by atoms with Gasteiger partial charge in [0.1, 0.15) is 0 Å². The van der Waals surface area contributed by atoms with Crippen LogP contribution in [0.25, 0.3) is 0 Å². The summed E-state index contributed by atoms with van der Waals surface area (Å²) >= 11 is 0. The minimum absolute atomic E-state index is 0.914. The van der Waals surface area contributed by atoms with Crippen LogP contribution in [0, 0.1) is 6.42 Å². The van der Waals surface area contributed by atoms with Crippen molar-refractivity contribution in [2.24, 2.45) is 0 Å². The third kappa shape index (κ3) is 0.983. The molecule has 2 saturated carbocycles. The Morgan fingerprint density at radius 3 is 2.22 bits per heavy atom. The van der Waals surface area contributed by atoms with Crippen LogP contribution < -0.4 is 0 Å². The van der Waals surface area contributed by atoms with Gasteiger partial charge in [0.25, 0.3) is 0 Å². The van der Waals surface area contributed by atoms with Gasteiger partial charge in [-0.05, 0) is 39.2 Å². The predicted molar refractivity (Wildman–Crippen MR) is 38.1 cm³/mol. The van der Waals surface area contributed by atoms with Crippen molar-refractivity contribution in [3.63, 3.8) is 0 Å². The van der Waals surface area contributed by atoms with Gasteiger partial charge < -0.3 is 4.90 Å². The lowest BCUT2D eigenvalue weighted by Gasteiger charge is -2.34. The molecule has 2 fully saturated rings. The fourth-order valence-electron chi connectivity index (χ4n) is 1.43. The molecule has 0 aromatic heterocycles. The van der Waals surface area contributed by atoms with Crippen LogP contribution in [0.5, 0.6) is 0 Å². The molecule has 0 amide bonds. The first-order valence-electron chi connectivity index (χ1n) is 3.91. The van der Waals surface area contributed by atoms with Crippen LogP contribution in [0.15, 0.2) is 0 Å². The number of rotatable bonds is 2. The van der Waals surface area contributed by atoms with Gasteiger partial charge in [0.15, 0.2) is 0 Å². The second-order valence-corrected chi connectivity index (χ2v) is 3.31. The third-order valence-electron chi connectivity index (χ3n) is 2.58. The number of nitrogens with zero attached hydrogens (tertiary/aromatic N) is 1. The Morgan fingerprint density at radius 1 is 1.22 bits per heavy atom. The minimum atomic E-state index is 0.914. The molecule has 0 unspecified atom stereocenters. The quantitative estimate of drug-likeness (QED) is 0.538. The van der Waals surface area contributed by atoms with Gasteiger partial charge in [0.05, 0.1) is 0 Å². The maximum absolute atomic E-state index is 2.56. The smallest absolute Gasteiger partial charge is 0.0101 e. The molecule has 1 nitrogen and oxygen atoms in total. The highest BCUT2D eigenvalue weighted by atomic mass is 15.2. The molecule has 0 aromatic carbocycles. The van der Waals surface area contributed by atoms with Crippen LogP contribution in [0.3, 0.4) is 0 Å². The average Bonchev–Trinajstić information content (AvgIpc) is 2.37. The molecular formula is C8H14N. The fourth-order valence-corrected chi connectivity index (χ4v) is 1.43. The van der Waals surface area contributed by atoms with Gasteiger partial charge in [-0.3, -0.25) is 0 Å². The van der Waals surface area contributed by atoms with Crippen molar-refractivity contribution < 1.29 is 0 Å². The van der Waals surface area contributed by atoms with E-state index in [1.807, 2.05) is 0 Å². The highest BCUT2D eigenvalue weighted by Gasteiger charge is 2.33. The lowest BCUT2D eigenvalue weighted by molar-refractivity contribution is 0.189. The molecule has 1 heteroatoms. The molecule has 2 aliphatic carbocycles. The van der Waals surface area contributed by atoms with Crippen molar-refractivity contribution in [2.45, 2.75) is 37.8 Å². The lowest BCUT2D eigenvalue weighted by Crippen LogP contribution is -2.38. The van der Waals surface area contributed by atoms with Gasteiger partial charge in [-0.1, -0.05) is 0 Å². The summed E-state index contributed by atoms with van der Waals surface area (Å²) in [7, 11) is 2.27. The van der Waals surface area contributed by atoms with E-state index in [1.54, 1.807) is 0 Å². The molecule has 0 heterocycles. The fraction of sp³-hybridized carbons (Fsp3) is 0.875. The molecule has 0 aromatic rings. The standard InChI is InChI=1S/C8H14N/c1-9(8-5-6-8)7-3-2-4-7/h2,7-8H,3-6H2,1H3. The van der Waals surface area contributed by atoms with Gasteiger partial charge in [0.2, 0.25) is 0 Å². The van der Waals surface area contributed by atoms with Crippen molar-refractivity contribution >= 4 is 0 Å².